The minimum Gasteiger partial charge on any atom is -0.490 e. The molecule has 0 spiro atoms. The molecule has 166 valence electrons. The molecule has 0 saturated heterocycles. The summed E-state index contributed by atoms with van der Waals surface area (Å²) in [6, 6.07) is 22.2. The van der Waals surface area contributed by atoms with Gasteiger partial charge >= 0.3 is 0 Å². The van der Waals surface area contributed by atoms with E-state index in [2.05, 4.69) is 49.6 Å². The maximum atomic E-state index is 9.77. The normalized spacial score (nSPS) is 11.4. The van der Waals surface area contributed by atoms with Crippen LogP contribution in [0.25, 0.3) is 17.1 Å². The van der Waals surface area contributed by atoms with Gasteiger partial charge in [0.05, 0.1) is 40.2 Å². The van der Waals surface area contributed by atoms with E-state index in [1.54, 1.807) is 6.33 Å². The molecule has 0 bridgehead atoms. The van der Waals surface area contributed by atoms with Crippen molar-refractivity contribution in [2.24, 2.45) is 0 Å². The van der Waals surface area contributed by atoms with Gasteiger partial charge in [0.15, 0.2) is 11.5 Å². The first kappa shape index (κ1) is 23.3. The van der Waals surface area contributed by atoms with Gasteiger partial charge < -0.3 is 14.0 Å². The zero-order chi connectivity index (χ0) is 23.2. The number of hydrogen-bond acceptors (Lipinski definition) is 4. The van der Waals surface area contributed by atoms with Crippen molar-refractivity contribution in [3.05, 3.63) is 91.7 Å². The number of nitriles is 1. The molecule has 0 unspecified atom stereocenters. The maximum Gasteiger partial charge on any atom is 0.175 e. The van der Waals surface area contributed by atoms with E-state index in [0.29, 0.717) is 36.8 Å². The molecular weight excluding hydrogens is 593 g/mol. The van der Waals surface area contributed by atoms with Crippen molar-refractivity contribution in [3.63, 3.8) is 0 Å². The highest BCUT2D eigenvalue weighted by Gasteiger charge is 2.13. The number of fused-ring (bicyclic) bond motifs is 1. The number of ether oxygens (including phenoxy) is 2. The Morgan fingerprint density at radius 1 is 1.15 bits per heavy atom. The van der Waals surface area contributed by atoms with Crippen LogP contribution in [0.4, 0.5) is 0 Å². The van der Waals surface area contributed by atoms with Crippen LogP contribution >= 0.6 is 38.5 Å². The average Bonchev–Trinajstić information content (AvgIpc) is 3.22. The third-order valence-corrected chi connectivity index (χ3v) is 6.31. The summed E-state index contributed by atoms with van der Waals surface area (Å²) in [7, 11) is 0. The molecule has 0 aliphatic rings. The molecule has 0 aliphatic carbocycles. The van der Waals surface area contributed by atoms with E-state index in [4.69, 9.17) is 9.47 Å². The number of aromatic nitrogens is 2. The average molecular weight is 614 g/mol. The van der Waals surface area contributed by atoms with Gasteiger partial charge in [-0.15, -0.1) is 0 Å². The summed E-state index contributed by atoms with van der Waals surface area (Å²) in [5.41, 5.74) is 4.50. The van der Waals surface area contributed by atoms with Crippen LogP contribution in [-0.4, -0.2) is 16.2 Å². The van der Waals surface area contributed by atoms with Gasteiger partial charge in [-0.05, 0) is 83.1 Å². The lowest BCUT2D eigenvalue weighted by atomic mass is 10.1. The van der Waals surface area contributed by atoms with Crippen LogP contribution in [-0.2, 0) is 13.2 Å². The highest BCUT2D eigenvalue weighted by atomic mass is 127. The zero-order valence-corrected chi connectivity index (χ0v) is 21.7. The molecular formula is C26H21BrIN3O2. The second-order valence-corrected chi connectivity index (χ2v) is 9.40. The Morgan fingerprint density at radius 2 is 1.94 bits per heavy atom. The van der Waals surface area contributed by atoms with Crippen LogP contribution in [0.15, 0.2) is 77.0 Å². The van der Waals surface area contributed by atoms with Crippen molar-refractivity contribution >= 4 is 55.6 Å². The lowest BCUT2D eigenvalue weighted by Gasteiger charge is -2.15. The van der Waals surface area contributed by atoms with Crippen molar-refractivity contribution < 1.29 is 9.47 Å². The Hall–Kier alpha value is -2.83. The molecule has 3 aromatic carbocycles. The predicted molar refractivity (Wildman–Crippen MR) is 142 cm³/mol. The third-order valence-electron chi connectivity index (χ3n) is 4.98. The van der Waals surface area contributed by atoms with Crippen molar-refractivity contribution in [1.29, 1.82) is 5.26 Å². The minimum absolute atomic E-state index is 0.440. The molecule has 1 heterocycles. The fraction of sp³-hybridized carbons (Fsp3) is 0.154. The molecule has 4 aromatic rings. The number of halogens is 2. The number of nitrogens with zero attached hydrogens (tertiary/aromatic N) is 3. The first-order valence-corrected chi connectivity index (χ1v) is 12.3. The van der Waals surface area contributed by atoms with Gasteiger partial charge in [-0.3, -0.25) is 0 Å². The molecule has 5 nitrogen and oxygen atoms in total. The Labute approximate surface area is 214 Å². The molecule has 0 radical (unpaired) electrons. The van der Waals surface area contributed by atoms with Gasteiger partial charge in [-0.2, -0.15) is 5.26 Å². The van der Waals surface area contributed by atoms with Crippen LogP contribution < -0.4 is 9.47 Å². The van der Waals surface area contributed by atoms with Gasteiger partial charge in [-0.25, -0.2) is 4.98 Å². The summed E-state index contributed by atoms with van der Waals surface area (Å²) in [5, 5.41) is 9.77. The first-order valence-electron chi connectivity index (χ1n) is 10.4. The number of allylic oxidation sites excluding steroid dienone is 1. The predicted octanol–water partition coefficient (Wildman–Crippen LogP) is 6.99. The van der Waals surface area contributed by atoms with Gasteiger partial charge in [-0.1, -0.05) is 40.2 Å². The van der Waals surface area contributed by atoms with E-state index in [1.165, 1.54) is 0 Å². The molecule has 4 rings (SSSR count). The Bertz CT molecular complexity index is 1340. The van der Waals surface area contributed by atoms with E-state index in [-0.39, 0.29) is 0 Å². The third kappa shape index (κ3) is 5.75. The van der Waals surface area contributed by atoms with Crippen LogP contribution in [0, 0.1) is 14.9 Å². The Kier molecular flexibility index (Phi) is 7.68. The number of para-hydroxylation sites is 2. The number of rotatable bonds is 8. The first-order chi connectivity index (χ1) is 16.1. The summed E-state index contributed by atoms with van der Waals surface area (Å²) in [5.74, 6) is 1.37. The number of benzene rings is 3. The highest BCUT2D eigenvalue weighted by Crippen LogP contribution is 2.35. The van der Waals surface area contributed by atoms with E-state index >= 15 is 0 Å². The molecule has 0 N–H and O–H groups in total. The summed E-state index contributed by atoms with van der Waals surface area (Å²) in [6.07, 6.45) is 3.66. The quantitative estimate of drug-likeness (QED) is 0.159. The molecule has 0 saturated carbocycles. The molecule has 7 heteroatoms. The fourth-order valence-electron chi connectivity index (χ4n) is 3.44. The van der Waals surface area contributed by atoms with Gasteiger partial charge in [0, 0.05) is 10.0 Å². The summed E-state index contributed by atoms with van der Waals surface area (Å²) >= 11 is 5.71. The summed E-state index contributed by atoms with van der Waals surface area (Å²) in [4.78, 5) is 4.41. The second kappa shape index (κ2) is 10.9. The van der Waals surface area contributed by atoms with Crippen molar-refractivity contribution in [1.82, 2.24) is 9.55 Å². The molecule has 33 heavy (non-hydrogen) atoms. The van der Waals surface area contributed by atoms with Crippen LogP contribution in [0.1, 0.15) is 18.1 Å². The van der Waals surface area contributed by atoms with E-state index in [1.807, 2.05) is 78.2 Å². The zero-order valence-electron chi connectivity index (χ0n) is 18.0. The van der Waals surface area contributed by atoms with Crippen molar-refractivity contribution in [2.45, 2.75) is 20.1 Å². The molecule has 0 amide bonds. The van der Waals surface area contributed by atoms with Gasteiger partial charge in [0.2, 0.25) is 0 Å². The standard InChI is InChI=1S/C26H21BrIN3O2/c1-2-32-25-13-19(12-22(28)26(25)33-16-18-7-9-21(27)10-8-18)11-20(14-29)15-31-17-30-23-5-3-4-6-24(23)31/h3-13,17H,2,15-16H2,1H3/b20-11-. The smallest absolute Gasteiger partial charge is 0.175 e. The topological polar surface area (TPSA) is 60.1 Å². The van der Waals surface area contributed by atoms with E-state index < -0.39 is 0 Å². The molecule has 0 aliphatic heterocycles. The fourth-order valence-corrected chi connectivity index (χ4v) is 4.49. The lowest BCUT2D eigenvalue weighted by Crippen LogP contribution is -2.02. The Morgan fingerprint density at radius 3 is 2.70 bits per heavy atom. The van der Waals surface area contributed by atoms with Gasteiger partial charge in [0.25, 0.3) is 0 Å². The molecule has 0 fully saturated rings. The summed E-state index contributed by atoms with van der Waals surface area (Å²) in [6.45, 7) is 3.35. The number of imidazole rings is 1. The largest absolute Gasteiger partial charge is 0.490 e. The SMILES string of the molecule is CCOc1cc(/C=C(/C#N)Cn2cnc3ccccc32)cc(I)c1OCc1ccc(Br)cc1. The van der Waals surface area contributed by atoms with Crippen LogP contribution in [0.3, 0.4) is 0 Å². The van der Waals surface area contributed by atoms with Gasteiger partial charge in [0.1, 0.15) is 6.61 Å². The minimum atomic E-state index is 0.440. The second-order valence-electron chi connectivity index (χ2n) is 7.32. The summed E-state index contributed by atoms with van der Waals surface area (Å²) < 4.78 is 15.9. The number of hydrogen-bond donors (Lipinski definition) is 0. The maximum absolute atomic E-state index is 9.77. The lowest BCUT2D eigenvalue weighted by molar-refractivity contribution is 0.267. The van der Waals surface area contributed by atoms with E-state index in [9.17, 15) is 5.26 Å². The van der Waals surface area contributed by atoms with Crippen molar-refractivity contribution in [2.75, 3.05) is 6.61 Å². The Balaban J connectivity index is 1.59. The van der Waals surface area contributed by atoms with E-state index in [0.717, 1.165) is 30.2 Å². The molecule has 0 atom stereocenters. The molecule has 1 aromatic heterocycles. The van der Waals surface area contributed by atoms with Crippen LogP contribution in [0.2, 0.25) is 0 Å². The van der Waals surface area contributed by atoms with Crippen LogP contribution in [0.5, 0.6) is 11.5 Å². The van der Waals surface area contributed by atoms with Crippen molar-refractivity contribution in [3.8, 4) is 17.6 Å². The monoisotopic (exact) mass is 613 g/mol. The highest BCUT2D eigenvalue weighted by molar-refractivity contribution is 14.1.